The van der Waals surface area contributed by atoms with Gasteiger partial charge in [0.2, 0.25) is 5.76 Å². The summed E-state index contributed by atoms with van der Waals surface area (Å²) in [5.74, 6) is -0.937. The fraction of sp³-hybridized carbons (Fsp3) is 0.300. The minimum atomic E-state index is -0.976. The van der Waals surface area contributed by atoms with Gasteiger partial charge in [0, 0.05) is 24.7 Å². The monoisotopic (exact) mass is 380 g/mol. The minimum Gasteiger partial charge on any atom is -0.478 e. The summed E-state index contributed by atoms with van der Waals surface area (Å²) >= 11 is 0. The van der Waals surface area contributed by atoms with Gasteiger partial charge in [-0.2, -0.15) is 5.10 Å². The van der Waals surface area contributed by atoms with Crippen LogP contribution in [0.5, 0.6) is 0 Å². The lowest BCUT2D eigenvalue weighted by Gasteiger charge is -2.32. The average Bonchev–Trinajstić information content (AvgIpc) is 3.35. The summed E-state index contributed by atoms with van der Waals surface area (Å²) in [6.07, 6.45) is 2.79. The Morgan fingerprint density at radius 3 is 2.54 bits per heavy atom. The topological polar surface area (TPSA) is 101 Å². The van der Waals surface area contributed by atoms with Gasteiger partial charge in [-0.1, -0.05) is 35.5 Å². The number of benzene rings is 1. The molecule has 0 atom stereocenters. The van der Waals surface area contributed by atoms with Gasteiger partial charge in [-0.25, -0.2) is 4.79 Å². The smallest absolute Gasteiger partial charge is 0.339 e. The molecule has 0 saturated carbocycles. The van der Waals surface area contributed by atoms with Crippen LogP contribution in [0.2, 0.25) is 0 Å². The summed E-state index contributed by atoms with van der Waals surface area (Å²) in [7, 11) is 0. The molecule has 3 aromatic rings. The second-order valence-electron chi connectivity index (χ2n) is 6.86. The second-order valence-corrected chi connectivity index (χ2v) is 6.86. The molecule has 0 unspecified atom stereocenters. The van der Waals surface area contributed by atoms with Crippen molar-refractivity contribution >= 4 is 11.9 Å². The molecule has 4 rings (SSSR count). The number of amides is 1. The highest BCUT2D eigenvalue weighted by molar-refractivity contribution is 5.92. The van der Waals surface area contributed by atoms with Crippen molar-refractivity contribution in [2.45, 2.75) is 25.8 Å². The third kappa shape index (κ3) is 3.28. The number of carbonyl (C=O) groups is 2. The maximum atomic E-state index is 12.7. The van der Waals surface area contributed by atoms with Crippen molar-refractivity contribution < 1.29 is 19.2 Å². The zero-order valence-electron chi connectivity index (χ0n) is 15.4. The van der Waals surface area contributed by atoms with Gasteiger partial charge in [-0.15, -0.1) is 0 Å². The Morgan fingerprint density at radius 1 is 1.18 bits per heavy atom. The SMILES string of the molecule is Cc1c(C(=O)O)cnn1C1CCN(C(=O)c2cc(-c3ccccc3)no2)CC1. The molecular formula is C20H20N4O4. The molecule has 28 heavy (non-hydrogen) atoms. The number of carboxylic acids is 1. The van der Waals surface area contributed by atoms with Crippen molar-refractivity contribution in [1.82, 2.24) is 19.8 Å². The van der Waals surface area contributed by atoms with E-state index >= 15 is 0 Å². The van der Waals surface area contributed by atoms with Crippen LogP contribution in [0.25, 0.3) is 11.3 Å². The number of hydrogen-bond acceptors (Lipinski definition) is 5. The lowest BCUT2D eigenvalue weighted by Crippen LogP contribution is -2.39. The Hall–Kier alpha value is -3.42. The van der Waals surface area contributed by atoms with Crippen LogP contribution in [0.15, 0.2) is 47.1 Å². The summed E-state index contributed by atoms with van der Waals surface area (Å²) in [5.41, 5.74) is 2.38. The van der Waals surface area contributed by atoms with E-state index in [1.54, 1.807) is 22.6 Å². The number of aromatic nitrogens is 3. The molecule has 0 aliphatic carbocycles. The number of nitrogens with zero attached hydrogens (tertiary/aromatic N) is 4. The van der Waals surface area contributed by atoms with Gasteiger partial charge in [0.15, 0.2) is 0 Å². The first-order valence-electron chi connectivity index (χ1n) is 9.13. The predicted octanol–water partition coefficient (Wildman–Crippen LogP) is 3.02. The molecule has 8 heteroatoms. The summed E-state index contributed by atoms with van der Waals surface area (Å²) in [6.45, 7) is 2.85. The van der Waals surface area contributed by atoms with E-state index in [0.717, 1.165) is 5.56 Å². The van der Waals surface area contributed by atoms with E-state index < -0.39 is 5.97 Å². The van der Waals surface area contributed by atoms with Crippen molar-refractivity contribution in [2.75, 3.05) is 13.1 Å². The number of piperidine rings is 1. The average molecular weight is 380 g/mol. The Kier molecular flexibility index (Phi) is 4.68. The minimum absolute atomic E-state index is 0.0757. The van der Waals surface area contributed by atoms with Crippen molar-refractivity contribution in [3.63, 3.8) is 0 Å². The van der Waals surface area contributed by atoms with Gasteiger partial charge >= 0.3 is 5.97 Å². The third-order valence-electron chi connectivity index (χ3n) is 5.16. The molecule has 0 radical (unpaired) electrons. The van der Waals surface area contributed by atoms with Crippen LogP contribution in [0.3, 0.4) is 0 Å². The number of hydrogen-bond donors (Lipinski definition) is 1. The van der Waals surface area contributed by atoms with Crippen molar-refractivity contribution in [2.24, 2.45) is 0 Å². The largest absolute Gasteiger partial charge is 0.478 e. The van der Waals surface area contributed by atoms with E-state index in [-0.39, 0.29) is 23.3 Å². The maximum absolute atomic E-state index is 12.7. The first-order valence-corrected chi connectivity index (χ1v) is 9.13. The van der Waals surface area contributed by atoms with E-state index in [1.165, 1.54) is 6.20 Å². The maximum Gasteiger partial charge on any atom is 0.339 e. The lowest BCUT2D eigenvalue weighted by atomic mass is 10.0. The number of likely N-dealkylation sites (tertiary alicyclic amines) is 1. The van der Waals surface area contributed by atoms with Crippen LogP contribution in [0.1, 0.15) is 45.5 Å². The first kappa shape index (κ1) is 18.0. The van der Waals surface area contributed by atoms with Crippen LogP contribution >= 0.6 is 0 Å². The van der Waals surface area contributed by atoms with E-state index in [0.29, 0.717) is 37.3 Å². The molecule has 3 heterocycles. The molecule has 1 aromatic carbocycles. The first-order chi connectivity index (χ1) is 13.5. The number of carboxylic acid groups (broad SMARTS) is 1. The van der Waals surface area contributed by atoms with Crippen LogP contribution in [0, 0.1) is 6.92 Å². The number of aromatic carboxylic acids is 1. The Labute approximate surface area is 161 Å². The standard InChI is InChI=1S/C20H20N4O4/c1-13-16(20(26)27)12-21-24(13)15-7-9-23(10-8-15)19(25)18-11-17(22-28-18)14-5-3-2-4-6-14/h2-6,11-12,15H,7-10H2,1H3,(H,26,27). The molecule has 2 aromatic heterocycles. The zero-order chi connectivity index (χ0) is 19.7. The second kappa shape index (κ2) is 7.30. The Balaban J connectivity index is 1.42. The number of carbonyl (C=O) groups excluding carboxylic acids is 1. The molecule has 1 saturated heterocycles. The van der Waals surface area contributed by atoms with Crippen molar-refractivity contribution in [3.8, 4) is 11.3 Å². The fourth-order valence-corrected chi connectivity index (χ4v) is 3.59. The Bertz CT molecular complexity index is 1000. The van der Waals surface area contributed by atoms with E-state index in [1.807, 2.05) is 30.3 Å². The molecular weight excluding hydrogens is 360 g/mol. The molecule has 144 valence electrons. The summed E-state index contributed by atoms with van der Waals surface area (Å²) in [4.78, 5) is 25.7. The summed E-state index contributed by atoms with van der Waals surface area (Å²) in [5, 5.41) is 17.4. The summed E-state index contributed by atoms with van der Waals surface area (Å²) in [6, 6.07) is 11.3. The molecule has 0 spiro atoms. The van der Waals surface area contributed by atoms with Gasteiger partial charge in [0.05, 0.1) is 17.9 Å². The zero-order valence-corrected chi connectivity index (χ0v) is 15.4. The molecule has 1 N–H and O–H groups in total. The highest BCUT2D eigenvalue weighted by atomic mass is 16.5. The summed E-state index contributed by atoms with van der Waals surface area (Å²) < 4.78 is 7.03. The van der Waals surface area contributed by atoms with Crippen LogP contribution in [-0.4, -0.2) is 49.9 Å². The molecule has 1 aliphatic rings. The van der Waals surface area contributed by atoms with Crippen molar-refractivity contribution in [1.29, 1.82) is 0 Å². The van der Waals surface area contributed by atoms with Gasteiger partial charge in [-0.3, -0.25) is 9.48 Å². The Morgan fingerprint density at radius 2 is 1.89 bits per heavy atom. The van der Waals surface area contributed by atoms with Crippen LogP contribution < -0.4 is 0 Å². The molecule has 8 nitrogen and oxygen atoms in total. The third-order valence-corrected chi connectivity index (χ3v) is 5.16. The molecule has 1 amide bonds. The molecule has 1 fully saturated rings. The van der Waals surface area contributed by atoms with Crippen LogP contribution in [-0.2, 0) is 0 Å². The predicted molar refractivity (Wildman–Crippen MR) is 100 cm³/mol. The normalized spacial score (nSPS) is 15.0. The van der Waals surface area contributed by atoms with Crippen LogP contribution in [0.4, 0.5) is 0 Å². The highest BCUT2D eigenvalue weighted by Crippen LogP contribution is 2.26. The van der Waals surface area contributed by atoms with Gasteiger partial charge in [0.1, 0.15) is 11.3 Å². The number of rotatable bonds is 4. The van der Waals surface area contributed by atoms with Crippen molar-refractivity contribution in [3.05, 3.63) is 59.6 Å². The van der Waals surface area contributed by atoms with Gasteiger partial charge in [-0.05, 0) is 19.8 Å². The van der Waals surface area contributed by atoms with Gasteiger partial charge in [0.25, 0.3) is 5.91 Å². The highest BCUT2D eigenvalue weighted by Gasteiger charge is 2.28. The quantitative estimate of drug-likeness (QED) is 0.746. The molecule has 1 aliphatic heterocycles. The lowest BCUT2D eigenvalue weighted by molar-refractivity contribution is 0.0647. The van der Waals surface area contributed by atoms with Gasteiger partial charge < -0.3 is 14.5 Å². The van der Waals surface area contributed by atoms with E-state index in [2.05, 4.69) is 10.3 Å². The molecule has 0 bridgehead atoms. The van der Waals surface area contributed by atoms with E-state index in [4.69, 9.17) is 4.52 Å². The fourth-order valence-electron chi connectivity index (χ4n) is 3.59. The van der Waals surface area contributed by atoms with E-state index in [9.17, 15) is 14.7 Å².